The number of hydrogen-bond acceptors (Lipinski definition) is 3. The molecule has 0 saturated heterocycles. The highest BCUT2D eigenvalue weighted by molar-refractivity contribution is 5.25. The van der Waals surface area contributed by atoms with Gasteiger partial charge in [-0.1, -0.05) is 30.3 Å². The molecule has 0 unspecified atom stereocenters. The zero-order valence-electron chi connectivity index (χ0n) is 11.3. The van der Waals surface area contributed by atoms with Crippen molar-refractivity contribution < 1.29 is 14.2 Å². The Hall–Kier alpha value is -1.94. The number of aliphatic hydroxyl groups is 1. The summed E-state index contributed by atoms with van der Waals surface area (Å²) in [6, 6.07) is 11.3. The Morgan fingerprint density at radius 1 is 1.15 bits per heavy atom. The number of pyridine rings is 1. The first kappa shape index (κ1) is 14.5. The summed E-state index contributed by atoms with van der Waals surface area (Å²) >= 11 is 0. The second kappa shape index (κ2) is 7.60. The van der Waals surface area contributed by atoms with Crippen LogP contribution in [0.1, 0.15) is 24.1 Å². The van der Waals surface area contributed by atoms with Crippen molar-refractivity contribution >= 4 is 0 Å². The highest BCUT2D eigenvalue weighted by atomic mass is 19.1. The SMILES string of the molecule is OCCCCc1cc(OCc2ccccc2)c(F)cn1. The first-order valence-corrected chi connectivity index (χ1v) is 6.71. The van der Waals surface area contributed by atoms with E-state index in [-0.39, 0.29) is 12.4 Å². The third-order valence-corrected chi connectivity index (χ3v) is 2.96. The van der Waals surface area contributed by atoms with Gasteiger partial charge in [0.15, 0.2) is 11.6 Å². The van der Waals surface area contributed by atoms with Gasteiger partial charge in [-0.15, -0.1) is 0 Å². The molecular formula is C16H18FNO2. The van der Waals surface area contributed by atoms with E-state index in [1.165, 1.54) is 6.20 Å². The lowest BCUT2D eigenvalue weighted by Crippen LogP contribution is -2.00. The maximum atomic E-state index is 13.6. The van der Waals surface area contributed by atoms with Crippen LogP contribution in [-0.4, -0.2) is 16.7 Å². The van der Waals surface area contributed by atoms with Crippen LogP contribution in [0, 0.1) is 5.82 Å². The number of unbranched alkanes of at least 4 members (excludes halogenated alkanes) is 1. The first-order valence-electron chi connectivity index (χ1n) is 6.71. The maximum Gasteiger partial charge on any atom is 0.183 e. The molecule has 0 amide bonds. The molecule has 0 spiro atoms. The van der Waals surface area contributed by atoms with Crippen LogP contribution in [0.25, 0.3) is 0 Å². The number of nitrogens with zero attached hydrogens (tertiary/aromatic N) is 1. The van der Waals surface area contributed by atoms with Crippen molar-refractivity contribution in [1.82, 2.24) is 4.98 Å². The molecule has 2 rings (SSSR count). The monoisotopic (exact) mass is 275 g/mol. The van der Waals surface area contributed by atoms with Crippen LogP contribution in [0.4, 0.5) is 4.39 Å². The van der Waals surface area contributed by atoms with Gasteiger partial charge in [0.25, 0.3) is 0 Å². The molecule has 0 atom stereocenters. The molecule has 0 bridgehead atoms. The second-order valence-electron chi connectivity index (χ2n) is 4.56. The predicted molar refractivity (Wildman–Crippen MR) is 75.0 cm³/mol. The van der Waals surface area contributed by atoms with Gasteiger partial charge in [-0.25, -0.2) is 4.39 Å². The zero-order valence-corrected chi connectivity index (χ0v) is 11.3. The quantitative estimate of drug-likeness (QED) is 0.789. The Bertz CT molecular complexity index is 531. The molecule has 2 aromatic rings. The van der Waals surface area contributed by atoms with E-state index in [0.29, 0.717) is 13.0 Å². The average molecular weight is 275 g/mol. The minimum atomic E-state index is -0.452. The molecule has 0 aliphatic rings. The van der Waals surface area contributed by atoms with E-state index < -0.39 is 5.82 Å². The molecule has 20 heavy (non-hydrogen) atoms. The number of aromatic nitrogens is 1. The number of hydrogen-bond donors (Lipinski definition) is 1. The summed E-state index contributed by atoms with van der Waals surface area (Å²) in [5, 5.41) is 8.75. The van der Waals surface area contributed by atoms with Crippen LogP contribution < -0.4 is 4.74 Å². The Morgan fingerprint density at radius 3 is 2.70 bits per heavy atom. The Kier molecular flexibility index (Phi) is 5.50. The topological polar surface area (TPSA) is 42.4 Å². The Labute approximate surface area is 118 Å². The minimum absolute atomic E-state index is 0.165. The second-order valence-corrected chi connectivity index (χ2v) is 4.56. The van der Waals surface area contributed by atoms with E-state index in [1.54, 1.807) is 6.07 Å². The van der Waals surface area contributed by atoms with E-state index in [1.807, 2.05) is 30.3 Å². The Balaban J connectivity index is 1.97. The lowest BCUT2D eigenvalue weighted by molar-refractivity contribution is 0.283. The molecule has 1 N–H and O–H groups in total. The summed E-state index contributed by atoms with van der Waals surface area (Å²) in [6.07, 6.45) is 3.45. The lowest BCUT2D eigenvalue weighted by Gasteiger charge is -2.09. The van der Waals surface area contributed by atoms with Crippen LogP contribution in [0.2, 0.25) is 0 Å². The van der Waals surface area contributed by atoms with Gasteiger partial charge in [0.2, 0.25) is 0 Å². The molecule has 3 nitrogen and oxygen atoms in total. The molecule has 0 saturated carbocycles. The van der Waals surface area contributed by atoms with Crippen LogP contribution in [0.15, 0.2) is 42.6 Å². The van der Waals surface area contributed by atoms with Crippen molar-refractivity contribution in [3.63, 3.8) is 0 Å². The van der Waals surface area contributed by atoms with Gasteiger partial charge in [-0.05, 0) is 24.8 Å². The smallest absolute Gasteiger partial charge is 0.183 e. The fourth-order valence-electron chi connectivity index (χ4n) is 1.86. The van der Waals surface area contributed by atoms with E-state index >= 15 is 0 Å². The van der Waals surface area contributed by atoms with E-state index in [2.05, 4.69) is 4.98 Å². The van der Waals surface area contributed by atoms with Crippen molar-refractivity contribution in [2.75, 3.05) is 6.61 Å². The number of ether oxygens (including phenoxy) is 1. The predicted octanol–water partition coefficient (Wildman–Crippen LogP) is 3.11. The number of rotatable bonds is 7. The summed E-state index contributed by atoms with van der Waals surface area (Å²) in [4.78, 5) is 4.03. The largest absolute Gasteiger partial charge is 0.486 e. The molecule has 1 aromatic heterocycles. The fourth-order valence-corrected chi connectivity index (χ4v) is 1.86. The summed E-state index contributed by atoms with van der Waals surface area (Å²) in [5.41, 5.74) is 1.77. The summed E-state index contributed by atoms with van der Waals surface area (Å²) in [6.45, 7) is 0.496. The van der Waals surface area contributed by atoms with Crippen LogP contribution in [0.5, 0.6) is 5.75 Å². The van der Waals surface area contributed by atoms with Crippen molar-refractivity contribution in [3.05, 3.63) is 59.7 Å². The maximum absolute atomic E-state index is 13.6. The van der Waals surface area contributed by atoms with Crippen molar-refractivity contribution in [3.8, 4) is 5.75 Å². The summed E-state index contributed by atoms with van der Waals surface area (Å²) in [5.74, 6) is -0.227. The van der Waals surface area contributed by atoms with Gasteiger partial charge >= 0.3 is 0 Å². The number of benzene rings is 1. The molecule has 1 heterocycles. The van der Waals surface area contributed by atoms with Crippen LogP contribution in [0.3, 0.4) is 0 Å². The fraction of sp³-hybridized carbons (Fsp3) is 0.312. The highest BCUT2D eigenvalue weighted by Crippen LogP contribution is 2.19. The van der Waals surface area contributed by atoms with Gasteiger partial charge in [0.1, 0.15) is 6.61 Å². The summed E-state index contributed by atoms with van der Waals surface area (Å²) < 4.78 is 19.1. The molecule has 106 valence electrons. The standard InChI is InChI=1S/C16H18FNO2/c17-15-11-18-14(8-4-5-9-19)10-16(15)20-12-13-6-2-1-3-7-13/h1-3,6-7,10-11,19H,4-5,8-9,12H2. The summed E-state index contributed by atoms with van der Waals surface area (Å²) in [7, 11) is 0. The van der Waals surface area contributed by atoms with Crippen LogP contribution in [-0.2, 0) is 13.0 Å². The molecule has 0 aliphatic heterocycles. The average Bonchev–Trinajstić information content (AvgIpc) is 2.49. The van der Waals surface area contributed by atoms with Gasteiger partial charge < -0.3 is 9.84 Å². The third-order valence-electron chi connectivity index (χ3n) is 2.96. The third kappa shape index (κ3) is 4.31. The van der Waals surface area contributed by atoms with E-state index in [0.717, 1.165) is 24.1 Å². The van der Waals surface area contributed by atoms with Gasteiger partial charge in [-0.2, -0.15) is 0 Å². The molecule has 4 heteroatoms. The van der Waals surface area contributed by atoms with Gasteiger partial charge in [0.05, 0.1) is 6.20 Å². The van der Waals surface area contributed by atoms with Gasteiger partial charge in [-0.3, -0.25) is 4.98 Å². The molecule has 0 aliphatic carbocycles. The van der Waals surface area contributed by atoms with Crippen molar-refractivity contribution in [1.29, 1.82) is 0 Å². The number of aryl methyl sites for hydroxylation is 1. The highest BCUT2D eigenvalue weighted by Gasteiger charge is 2.06. The van der Waals surface area contributed by atoms with E-state index in [9.17, 15) is 4.39 Å². The normalized spacial score (nSPS) is 10.5. The lowest BCUT2D eigenvalue weighted by atomic mass is 10.2. The van der Waals surface area contributed by atoms with Crippen molar-refractivity contribution in [2.24, 2.45) is 0 Å². The van der Waals surface area contributed by atoms with E-state index in [4.69, 9.17) is 9.84 Å². The van der Waals surface area contributed by atoms with Crippen molar-refractivity contribution in [2.45, 2.75) is 25.9 Å². The number of halogens is 1. The number of aliphatic hydroxyl groups excluding tert-OH is 1. The molecule has 1 aromatic carbocycles. The minimum Gasteiger partial charge on any atom is -0.486 e. The first-order chi connectivity index (χ1) is 9.79. The Morgan fingerprint density at radius 2 is 1.95 bits per heavy atom. The van der Waals surface area contributed by atoms with Gasteiger partial charge in [0, 0.05) is 18.4 Å². The molecule has 0 radical (unpaired) electrons. The zero-order chi connectivity index (χ0) is 14.2. The molecular weight excluding hydrogens is 257 g/mol. The van der Waals surface area contributed by atoms with Crippen LogP contribution >= 0.6 is 0 Å². The molecule has 0 fully saturated rings.